The number of carbonyl (C=O) groups is 3. The van der Waals surface area contributed by atoms with E-state index in [1.807, 2.05) is 0 Å². The summed E-state index contributed by atoms with van der Waals surface area (Å²) in [4.78, 5) is 35.0. The van der Waals surface area contributed by atoms with Gasteiger partial charge in [0.2, 0.25) is 11.8 Å². The smallest absolute Gasteiger partial charge is 0.303 e. The number of benzene rings is 1. The van der Waals surface area contributed by atoms with E-state index in [2.05, 4.69) is 5.32 Å². The number of hydrogen-bond donors (Lipinski definition) is 3. The maximum Gasteiger partial charge on any atom is 0.303 e. The van der Waals surface area contributed by atoms with E-state index in [-0.39, 0.29) is 37.4 Å². The molecule has 0 radical (unpaired) electrons. The van der Waals surface area contributed by atoms with Crippen LogP contribution in [0.1, 0.15) is 24.4 Å². The zero-order valence-corrected chi connectivity index (χ0v) is 11.4. The Hall–Kier alpha value is -2.41. The van der Waals surface area contributed by atoms with Crippen LogP contribution in [0.3, 0.4) is 0 Å². The highest BCUT2D eigenvalue weighted by molar-refractivity contribution is 6.04. The number of anilines is 1. The van der Waals surface area contributed by atoms with Gasteiger partial charge < -0.3 is 21.1 Å². The van der Waals surface area contributed by atoms with Gasteiger partial charge in [0.25, 0.3) is 0 Å². The van der Waals surface area contributed by atoms with Crippen LogP contribution in [0.2, 0.25) is 0 Å². The van der Waals surface area contributed by atoms with E-state index in [4.69, 9.17) is 10.8 Å². The molecule has 1 atom stereocenters. The Labute approximate surface area is 121 Å². The van der Waals surface area contributed by atoms with Gasteiger partial charge in [-0.3, -0.25) is 14.4 Å². The van der Waals surface area contributed by atoms with Crippen molar-refractivity contribution in [1.82, 2.24) is 5.32 Å². The number of hydrogen-bond acceptors (Lipinski definition) is 4. The van der Waals surface area contributed by atoms with Crippen molar-refractivity contribution < 1.29 is 19.5 Å². The summed E-state index contributed by atoms with van der Waals surface area (Å²) in [5.74, 6) is -1.25. The number of aliphatic carboxylic acids is 1. The molecule has 2 amide bonds. The largest absolute Gasteiger partial charge is 0.481 e. The second-order valence-corrected chi connectivity index (χ2v) is 4.89. The highest BCUT2D eigenvalue weighted by atomic mass is 16.4. The Morgan fingerprint density at radius 1 is 1.33 bits per heavy atom. The summed E-state index contributed by atoms with van der Waals surface area (Å²) in [6, 6.07) is 6.57. The zero-order valence-electron chi connectivity index (χ0n) is 11.4. The molecule has 1 saturated heterocycles. The van der Waals surface area contributed by atoms with Crippen LogP contribution < -0.4 is 16.0 Å². The molecule has 1 aliphatic heterocycles. The van der Waals surface area contributed by atoms with Gasteiger partial charge in [0, 0.05) is 18.2 Å². The summed E-state index contributed by atoms with van der Waals surface area (Å²) in [6.45, 7) is 0.00194. The molecule has 4 N–H and O–H groups in total. The van der Waals surface area contributed by atoms with Crippen LogP contribution in [0.15, 0.2) is 24.3 Å². The highest BCUT2D eigenvalue weighted by Crippen LogP contribution is 2.21. The Balaban J connectivity index is 2.06. The van der Waals surface area contributed by atoms with Crippen molar-refractivity contribution in [2.75, 3.05) is 18.0 Å². The lowest BCUT2D eigenvalue weighted by atomic mass is 10.0. The summed E-state index contributed by atoms with van der Waals surface area (Å²) in [6.07, 6.45) is 0.355. The molecule has 1 aromatic carbocycles. The fourth-order valence-electron chi connectivity index (χ4n) is 2.14. The van der Waals surface area contributed by atoms with Crippen molar-refractivity contribution in [3.63, 3.8) is 0 Å². The number of nitrogens with one attached hydrogen (secondary N) is 1. The fraction of sp³-hybridized carbons (Fsp3) is 0.357. The molecule has 7 nitrogen and oxygen atoms in total. The first-order chi connectivity index (χ1) is 9.97. The molecule has 1 unspecified atom stereocenters. The van der Waals surface area contributed by atoms with Gasteiger partial charge in [-0.2, -0.15) is 0 Å². The summed E-state index contributed by atoms with van der Waals surface area (Å²) in [7, 11) is 0. The number of carboxylic acids is 1. The quantitative estimate of drug-likeness (QED) is 0.707. The van der Waals surface area contributed by atoms with E-state index >= 15 is 0 Å². The zero-order chi connectivity index (χ0) is 15.4. The summed E-state index contributed by atoms with van der Waals surface area (Å²) in [5, 5.41) is 11.1. The standard InChI is InChI=1S/C14H17N3O4/c15-11(5-6-14(20)21)9-1-3-10(4-2-9)17-8-12(18)16-7-13(17)19/h1-4,11H,5-8,15H2,(H,16,18)(H,20,21). The monoisotopic (exact) mass is 291 g/mol. The second-order valence-electron chi connectivity index (χ2n) is 4.89. The van der Waals surface area contributed by atoms with Crippen LogP contribution >= 0.6 is 0 Å². The van der Waals surface area contributed by atoms with E-state index in [9.17, 15) is 14.4 Å². The van der Waals surface area contributed by atoms with Crippen LogP contribution in [0, 0.1) is 0 Å². The number of carbonyl (C=O) groups excluding carboxylic acids is 2. The lowest BCUT2D eigenvalue weighted by Gasteiger charge is -2.27. The molecule has 112 valence electrons. The molecule has 1 aromatic rings. The normalized spacial score (nSPS) is 16.5. The number of nitrogens with two attached hydrogens (primary N) is 1. The third-order valence-corrected chi connectivity index (χ3v) is 3.34. The molecule has 1 aliphatic rings. The number of rotatable bonds is 5. The first kappa shape index (κ1) is 15.0. The van der Waals surface area contributed by atoms with E-state index < -0.39 is 5.97 Å². The van der Waals surface area contributed by atoms with Crippen molar-refractivity contribution in [3.8, 4) is 0 Å². The Bertz CT molecular complexity index is 556. The van der Waals surface area contributed by atoms with Crippen LogP contribution in [0.5, 0.6) is 0 Å². The molecule has 0 aliphatic carbocycles. The van der Waals surface area contributed by atoms with Crippen LogP contribution in [0.25, 0.3) is 0 Å². The van der Waals surface area contributed by atoms with Gasteiger partial charge in [-0.15, -0.1) is 0 Å². The highest BCUT2D eigenvalue weighted by Gasteiger charge is 2.24. The lowest BCUT2D eigenvalue weighted by molar-refractivity contribution is -0.137. The molecule has 1 fully saturated rings. The molecule has 0 aromatic heterocycles. The maximum atomic E-state index is 11.8. The van der Waals surface area contributed by atoms with Crippen LogP contribution in [0.4, 0.5) is 5.69 Å². The third-order valence-electron chi connectivity index (χ3n) is 3.34. The van der Waals surface area contributed by atoms with E-state index in [0.717, 1.165) is 5.56 Å². The third kappa shape index (κ3) is 3.79. The Morgan fingerprint density at radius 3 is 2.62 bits per heavy atom. The molecule has 7 heteroatoms. The van der Waals surface area contributed by atoms with Gasteiger partial charge in [-0.25, -0.2) is 0 Å². The van der Waals surface area contributed by atoms with Crippen LogP contribution in [-0.4, -0.2) is 36.0 Å². The van der Waals surface area contributed by atoms with Crippen LogP contribution in [-0.2, 0) is 14.4 Å². The van der Waals surface area contributed by atoms with E-state index in [0.29, 0.717) is 12.1 Å². The SMILES string of the molecule is NC(CCC(=O)O)c1ccc(N2CC(=O)NCC2=O)cc1. The van der Waals surface area contributed by atoms with Crippen molar-refractivity contribution in [2.45, 2.75) is 18.9 Å². The van der Waals surface area contributed by atoms with Crippen molar-refractivity contribution in [3.05, 3.63) is 29.8 Å². The van der Waals surface area contributed by atoms with Gasteiger partial charge in [-0.05, 0) is 24.1 Å². The summed E-state index contributed by atoms with van der Waals surface area (Å²) >= 11 is 0. The Kier molecular flexibility index (Phi) is 4.54. The van der Waals surface area contributed by atoms with Gasteiger partial charge in [0.1, 0.15) is 6.54 Å². The van der Waals surface area contributed by atoms with Crippen molar-refractivity contribution >= 4 is 23.5 Å². The number of piperazine rings is 1. The maximum absolute atomic E-state index is 11.8. The predicted octanol–water partition coefficient (Wildman–Crippen LogP) is 0.0140. The number of amides is 2. The minimum atomic E-state index is -0.882. The molecule has 21 heavy (non-hydrogen) atoms. The first-order valence-corrected chi connectivity index (χ1v) is 6.62. The van der Waals surface area contributed by atoms with Gasteiger partial charge in [0.15, 0.2) is 0 Å². The Morgan fingerprint density at radius 2 is 2.00 bits per heavy atom. The average molecular weight is 291 g/mol. The molecule has 0 saturated carbocycles. The molecule has 1 heterocycles. The number of nitrogens with zero attached hydrogens (tertiary/aromatic N) is 1. The molecule has 2 rings (SSSR count). The topological polar surface area (TPSA) is 113 Å². The second kappa shape index (κ2) is 6.36. The first-order valence-electron chi connectivity index (χ1n) is 6.62. The van der Waals surface area contributed by atoms with E-state index in [1.54, 1.807) is 24.3 Å². The van der Waals surface area contributed by atoms with Gasteiger partial charge in [-0.1, -0.05) is 12.1 Å². The lowest BCUT2D eigenvalue weighted by Crippen LogP contribution is -2.51. The molecule has 0 bridgehead atoms. The molecule has 0 spiro atoms. The summed E-state index contributed by atoms with van der Waals surface area (Å²) < 4.78 is 0. The minimum Gasteiger partial charge on any atom is -0.481 e. The molecular formula is C14H17N3O4. The summed E-state index contributed by atoms with van der Waals surface area (Å²) in [5.41, 5.74) is 7.34. The predicted molar refractivity (Wildman–Crippen MR) is 75.6 cm³/mol. The van der Waals surface area contributed by atoms with E-state index in [1.165, 1.54) is 4.90 Å². The van der Waals surface area contributed by atoms with Crippen molar-refractivity contribution in [2.24, 2.45) is 5.73 Å². The average Bonchev–Trinajstić information content (AvgIpc) is 2.47. The fourth-order valence-corrected chi connectivity index (χ4v) is 2.14. The van der Waals surface area contributed by atoms with Gasteiger partial charge in [0.05, 0.1) is 6.54 Å². The minimum absolute atomic E-state index is 0.00128. The molecular weight excluding hydrogens is 274 g/mol. The number of carboxylic acid groups (broad SMARTS) is 1. The van der Waals surface area contributed by atoms with Gasteiger partial charge >= 0.3 is 5.97 Å². The van der Waals surface area contributed by atoms with Crippen molar-refractivity contribution in [1.29, 1.82) is 0 Å².